The van der Waals surface area contributed by atoms with Crippen molar-refractivity contribution in [3.63, 3.8) is 0 Å². The molecule has 0 saturated heterocycles. The summed E-state index contributed by atoms with van der Waals surface area (Å²) in [6.07, 6.45) is 0. The maximum atomic E-state index is 5.67. The third-order valence-corrected chi connectivity index (χ3v) is 0. The second-order valence-corrected chi connectivity index (χ2v) is 0. The van der Waals surface area contributed by atoms with E-state index in [9.17, 15) is 0 Å². The van der Waals surface area contributed by atoms with Gasteiger partial charge in [-0.15, -0.1) is 0 Å². The van der Waals surface area contributed by atoms with E-state index in [1.54, 1.807) is 19.7 Å². The molecule has 0 heterocycles. The summed E-state index contributed by atoms with van der Waals surface area (Å²) in [6.45, 7) is 48.0. The zero-order valence-corrected chi connectivity index (χ0v) is 36.8. The van der Waals surface area contributed by atoms with Crippen LogP contribution < -0.4 is 0 Å². The van der Waals surface area contributed by atoms with Crippen LogP contribution in [0.15, 0.2) is 0 Å². The monoisotopic (exact) mass is 971 g/mol. The summed E-state index contributed by atoms with van der Waals surface area (Å²) >= 11 is 0. The van der Waals surface area contributed by atoms with Gasteiger partial charge in [-0.2, -0.15) is 19.7 Å². The molecule has 0 bridgehead atoms. The molecule has 0 saturated carbocycles. The molecule has 0 aliphatic carbocycles. The summed E-state index contributed by atoms with van der Waals surface area (Å²) in [5, 5.41) is 0. The van der Waals surface area contributed by atoms with Gasteiger partial charge in [0.15, 0.2) is 0 Å². The maximum Gasteiger partial charge on any atom is 0.0511 e. The zero-order chi connectivity index (χ0) is 28.0. The van der Waals surface area contributed by atoms with Crippen LogP contribution in [0.2, 0.25) is 0 Å². The predicted molar refractivity (Wildman–Crippen MR) is 185 cm³/mol. The first-order valence-corrected chi connectivity index (χ1v) is 12.0. The molecule has 0 amide bonds. The minimum Gasteiger partial charge on any atom is -0.153 e. The van der Waals surface area contributed by atoms with Crippen LogP contribution in [0.25, 0.3) is 0 Å². The van der Waals surface area contributed by atoms with E-state index >= 15 is 0 Å². The summed E-state index contributed by atoms with van der Waals surface area (Å²) < 4.78 is 11.3. The van der Waals surface area contributed by atoms with E-state index in [4.69, 9.17) is 2.56 Å². The van der Waals surface area contributed by atoms with Crippen molar-refractivity contribution in [2.45, 2.75) is 196 Å². The van der Waals surface area contributed by atoms with Crippen LogP contribution >= 0.6 is 19.7 Å². The van der Waals surface area contributed by atoms with Gasteiger partial charge in [0.2, 0.25) is 0 Å². The third kappa shape index (κ3) is 3830. The first-order valence-electron chi connectivity index (χ1n) is 13.2. The van der Waals surface area contributed by atoms with Crippen molar-refractivity contribution in [2.24, 2.45) is 0 Å². The SMILES string of the molecule is C.C.C.C.CC.CC.CC.CC.CC.CC.CC.CC.CC.CC.CC.CC.[2H]P.[2H]P.[U].[U]. The minimum atomic E-state index is 0. The fourth-order valence-electron chi connectivity index (χ4n) is 0. The number of rotatable bonds is 0. The maximum absolute atomic E-state index is 5.67. The van der Waals surface area contributed by atoms with Crippen LogP contribution in [-0.4, -0.2) is 2.56 Å². The van der Waals surface area contributed by atoms with Gasteiger partial charge >= 0.3 is 0 Å². The van der Waals surface area contributed by atoms with Crippen molar-refractivity contribution in [3.8, 4) is 0 Å². The molecule has 0 aliphatic heterocycles. The van der Waals surface area contributed by atoms with Gasteiger partial charge in [0.05, 0.1) is 2.56 Å². The van der Waals surface area contributed by atoms with E-state index in [0.29, 0.717) is 0 Å². The Morgan fingerprint density at radius 3 is 0.219 bits per heavy atom. The Labute approximate surface area is 278 Å². The van der Waals surface area contributed by atoms with Gasteiger partial charge in [0, 0.05) is 62.2 Å². The Balaban J connectivity index is -0.00000000340. The minimum absolute atomic E-state index is 0. The molecule has 0 N–H and O–H groups in total. The fourth-order valence-corrected chi connectivity index (χ4v) is 0. The molecule has 0 aromatic rings. The van der Waals surface area contributed by atoms with Gasteiger partial charge in [0.1, 0.15) is 0 Å². The van der Waals surface area contributed by atoms with Gasteiger partial charge in [-0.05, 0) is 0 Å². The van der Waals surface area contributed by atoms with Crippen LogP contribution in [0.5, 0.6) is 0 Å². The molecule has 32 heavy (non-hydrogen) atoms. The molecule has 4 heteroatoms. The molecular weight excluding hydrogens is 874 g/mol. The normalized spacial score (nSPS) is 2.69. The van der Waals surface area contributed by atoms with Crippen LogP contribution in [-0.2, 0) is 0 Å². The fraction of sp³-hybridized carbons (Fsp3) is 1.00. The van der Waals surface area contributed by atoms with Crippen molar-refractivity contribution >= 4 is 19.7 Å². The molecule has 0 radical (unpaired) electrons. The Kier molecular flexibility index (Phi) is 18400. The van der Waals surface area contributed by atoms with E-state index < -0.39 is 0 Å². The van der Waals surface area contributed by atoms with Crippen LogP contribution in [0, 0.1) is 62.2 Å². The van der Waals surface area contributed by atoms with E-state index in [1.165, 1.54) is 0 Å². The summed E-state index contributed by atoms with van der Waals surface area (Å²) in [5.74, 6) is 0. The van der Waals surface area contributed by atoms with Crippen molar-refractivity contribution in [3.05, 3.63) is 0 Å². The molecular formula is C28H94P2U2. The average molecular weight is 971 g/mol. The summed E-state index contributed by atoms with van der Waals surface area (Å²) in [5.41, 5.74) is 0. The Morgan fingerprint density at radius 2 is 0.219 bits per heavy atom. The molecule has 0 spiro atoms. The van der Waals surface area contributed by atoms with E-state index in [2.05, 4.69) is 0 Å². The smallest absolute Gasteiger partial charge is 0.0511 e. The Morgan fingerprint density at radius 1 is 0.219 bits per heavy atom. The van der Waals surface area contributed by atoms with Crippen molar-refractivity contribution < 1.29 is 62.2 Å². The topological polar surface area (TPSA) is 0 Å². The van der Waals surface area contributed by atoms with Crippen molar-refractivity contribution in [1.29, 1.82) is 2.56 Å². The van der Waals surface area contributed by atoms with E-state index in [1.807, 2.05) is 166 Å². The summed E-state index contributed by atoms with van der Waals surface area (Å²) in [6, 6.07) is 0. The van der Waals surface area contributed by atoms with Crippen LogP contribution in [0.1, 0.15) is 196 Å². The van der Waals surface area contributed by atoms with Gasteiger partial charge in [-0.3, -0.25) is 0 Å². The molecule has 0 nitrogen and oxygen atoms in total. The van der Waals surface area contributed by atoms with Gasteiger partial charge in [-0.1, -0.05) is 196 Å². The molecule has 0 aromatic heterocycles. The van der Waals surface area contributed by atoms with Crippen molar-refractivity contribution in [2.75, 3.05) is 0 Å². The first kappa shape index (κ1) is 140. The first-order chi connectivity index (χ1) is 14.0. The summed E-state index contributed by atoms with van der Waals surface area (Å²) in [4.78, 5) is 0. The van der Waals surface area contributed by atoms with E-state index in [-0.39, 0.29) is 91.9 Å². The summed E-state index contributed by atoms with van der Waals surface area (Å²) in [7, 11) is 3.33. The van der Waals surface area contributed by atoms with Gasteiger partial charge in [0.25, 0.3) is 0 Å². The third-order valence-electron chi connectivity index (χ3n) is 0. The zero-order valence-electron chi connectivity index (χ0n) is 28.2. The second kappa shape index (κ2) is 4200. The molecule has 0 aromatic carbocycles. The number of hydrogen-bond donors (Lipinski definition) is 0. The van der Waals surface area contributed by atoms with Gasteiger partial charge in [-0.25, -0.2) is 0 Å². The van der Waals surface area contributed by atoms with E-state index in [0.717, 1.165) is 0 Å². The molecule has 2 unspecified atom stereocenters. The van der Waals surface area contributed by atoms with Crippen LogP contribution in [0.3, 0.4) is 0 Å². The van der Waals surface area contributed by atoms with Crippen molar-refractivity contribution in [1.82, 2.24) is 0 Å². The molecule has 0 fully saturated rings. The van der Waals surface area contributed by atoms with Gasteiger partial charge < -0.3 is 0 Å². The Hall–Kier alpha value is 2.96. The number of hydrogen-bond acceptors (Lipinski definition) is 0. The van der Waals surface area contributed by atoms with Crippen LogP contribution in [0.4, 0.5) is 0 Å². The Bertz CT molecular complexity index is 32.4. The second-order valence-electron chi connectivity index (χ2n) is 0. The quantitative estimate of drug-likeness (QED) is 0.212. The molecule has 2 atom stereocenters. The average Bonchev–Trinajstić information content (AvgIpc) is 2.95. The predicted octanol–water partition coefficient (Wildman–Crippen LogP) is 15.0. The standard InChI is InChI=1S/12C2H6.4CH4.2H3P.2U/c12*1-2;;;;;;;;/h12*1-2H3;4*1H4;2*1H3;;/i;;;;;;;;;;;;;;;;2*1D;;. The largest absolute Gasteiger partial charge is 0.153 e. The molecule has 0 rings (SSSR count). The molecule has 0 aliphatic rings. The molecule has 224 valence electrons.